The summed E-state index contributed by atoms with van der Waals surface area (Å²) < 4.78 is 0. The number of hydrogen-bond donors (Lipinski definition) is 1. The highest BCUT2D eigenvalue weighted by Gasteiger charge is 2.20. The summed E-state index contributed by atoms with van der Waals surface area (Å²) in [7, 11) is 0. The van der Waals surface area contributed by atoms with Crippen molar-refractivity contribution in [2.45, 2.75) is 19.4 Å². The molecule has 0 aliphatic carbocycles. The first kappa shape index (κ1) is 8.84. The molecule has 1 atom stereocenters. The molecule has 0 aromatic heterocycles. The van der Waals surface area contributed by atoms with Crippen LogP contribution in [0.2, 0.25) is 0 Å². The third-order valence-electron chi connectivity index (χ3n) is 1.91. The van der Waals surface area contributed by atoms with Gasteiger partial charge in [0.1, 0.15) is 6.04 Å². The summed E-state index contributed by atoms with van der Waals surface area (Å²) in [6.07, 6.45) is 8.18. The van der Waals surface area contributed by atoms with E-state index in [4.69, 9.17) is 5.11 Å². The Morgan fingerprint density at radius 2 is 2.42 bits per heavy atom. The largest absolute Gasteiger partial charge is 0.480 e. The molecule has 0 amide bonds. The van der Waals surface area contributed by atoms with Crippen LogP contribution in [-0.4, -0.2) is 28.6 Å². The van der Waals surface area contributed by atoms with E-state index in [2.05, 4.69) is 0 Å². The Hall–Kier alpha value is -1.25. The molecule has 66 valence electrons. The normalized spacial score (nSPS) is 17.9. The third-order valence-corrected chi connectivity index (χ3v) is 1.91. The van der Waals surface area contributed by atoms with Crippen molar-refractivity contribution in [2.24, 2.45) is 0 Å². The van der Waals surface area contributed by atoms with Gasteiger partial charge in [-0.05, 0) is 12.5 Å². The van der Waals surface area contributed by atoms with E-state index in [0.717, 1.165) is 0 Å². The second kappa shape index (κ2) is 3.95. The van der Waals surface area contributed by atoms with Crippen molar-refractivity contribution in [3.8, 4) is 0 Å². The van der Waals surface area contributed by atoms with Gasteiger partial charge in [-0.2, -0.15) is 0 Å². The van der Waals surface area contributed by atoms with Crippen molar-refractivity contribution >= 4 is 5.97 Å². The van der Waals surface area contributed by atoms with E-state index in [1.807, 2.05) is 36.3 Å². The Labute approximate surface area is 72.0 Å². The smallest absolute Gasteiger partial charge is 0.326 e. The Balaban J connectivity index is 2.60. The zero-order valence-corrected chi connectivity index (χ0v) is 7.10. The summed E-state index contributed by atoms with van der Waals surface area (Å²) in [6.45, 7) is 2.58. The molecule has 3 heteroatoms. The average Bonchev–Trinajstić information content (AvgIpc) is 2.07. The highest BCUT2D eigenvalue weighted by Crippen LogP contribution is 2.08. The third kappa shape index (κ3) is 1.87. The van der Waals surface area contributed by atoms with E-state index in [1.165, 1.54) is 0 Å². The summed E-state index contributed by atoms with van der Waals surface area (Å²) in [5.74, 6) is -0.752. The maximum Gasteiger partial charge on any atom is 0.326 e. The van der Waals surface area contributed by atoms with Gasteiger partial charge in [-0.15, -0.1) is 0 Å². The van der Waals surface area contributed by atoms with Crippen LogP contribution in [0.15, 0.2) is 24.4 Å². The highest BCUT2D eigenvalue weighted by molar-refractivity contribution is 5.73. The number of allylic oxidation sites excluding steroid dienone is 2. The first-order valence-corrected chi connectivity index (χ1v) is 4.07. The van der Waals surface area contributed by atoms with Crippen LogP contribution in [0.1, 0.15) is 13.3 Å². The van der Waals surface area contributed by atoms with Crippen LogP contribution in [0.5, 0.6) is 0 Å². The van der Waals surface area contributed by atoms with Crippen molar-refractivity contribution in [1.29, 1.82) is 0 Å². The fourth-order valence-electron chi connectivity index (χ4n) is 1.26. The van der Waals surface area contributed by atoms with Crippen molar-refractivity contribution in [1.82, 2.24) is 4.90 Å². The number of nitrogens with zero attached hydrogens (tertiary/aromatic N) is 1. The minimum atomic E-state index is -0.752. The van der Waals surface area contributed by atoms with Crippen LogP contribution in [0.4, 0.5) is 0 Å². The maximum atomic E-state index is 10.7. The Morgan fingerprint density at radius 3 is 2.83 bits per heavy atom. The molecule has 0 saturated carbocycles. The van der Waals surface area contributed by atoms with E-state index >= 15 is 0 Å². The zero-order valence-electron chi connectivity index (χ0n) is 7.10. The lowest BCUT2D eigenvalue weighted by Crippen LogP contribution is -2.37. The topological polar surface area (TPSA) is 40.5 Å². The highest BCUT2D eigenvalue weighted by atomic mass is 16.4. The molecule has 1 rings (SSSR count). The minimum Gasteiger partial charge on any atom is -0.480 e. The molecule has 12 heavy (non-hydrogen) atoms. The van der Waals surface area contributed by atoms with Crippen LogP contribution in [0.3, 0.4) is 0 Å². The summed E-state index contributed by atoms with van der Waals surface area (Å²) in [4.78, 5) is 12.6. The molecule has 0 bridgehead atoms. The molecule has 0 aromatic carbocycles. The van der Waals surface area contributed by atoms with Crippen LogP contribution < -0.4 is 0 Å². The predicted octanol–water partition coefficient (Wildman–Crippen LogP) is 1.24. The second-order valence-corrected chi connectivity index (χ2v) is 2.73. The minimum absolute atomic E-state index is 0.383. The lowest BCUT2D eigenvalue weighted by Gasteiger charge is -2.26. The number of carbonyl (C=O) groups is 1. The van der Waals surface area contributed by atoms with Gasteiger partial charge in [-0.25, -0.2) is 4.79 Å². The fraction of sp³-hybridized carbons (Fsp3) is 0.444. The summed E-state index contributed by atoms with van der Waals surface area (Å²) in [5, 5.41) is 8.83. The zero-order chi connectivity index (χ0) is 8.97. The first-order chi connectivity index (χ1) is 5.75. The Kier molecular flexibility index (Phi) is 2.91. The van der Waals surface area contributed by atoms with Crippen LogP contribution >= 0.6 is 0 Å². The lowest BCUT2D eigenvalue weighted by atomic mass is 10.2. The quantitative estimate of drug-likeness (QED) is 0.687. The Morgan fingerprint density at radius 1 is 1.67 bits per heavy atom. The van der Waals surface area contributed by atoms with Crippen molar-refractivity contribution < 1.29 is 9.90 Å². The van der Waals surface area contributed by atoms with Crippen LogP contribution in [0.25, 0.3) is 0 Å². The van der Waals surface area contributed by atoms with Gasteiger partial charge in [0.05, 0.1) is 0 Å². The molecule has 1 heterocycles. The molecule has 0 fully saturated rings. The van der Waals surface area contributed by atoms with E-state index in [-0.39, 0.29) is 6.04 Å². The molecule has 0 aromatic rings. The first-order valence-electron chi connectivity index (χ1n) is 4.07. The fourth-order valence-corrected chi connectivity index (χ4v) is 1.26. The van der Waals surface area contributed by atoms with E-state index in [0.29, 0.717) is 13.0 Å². The average molecular weight is 167 g/mol. The molecule has 0 spiro atoms. The lowest BCUT2D eigenvalue weighted by molar-refractivity contribution is -0.142. The number of aliphatic carboxylic acids is 1. The Bertz CT molecular complexity index is 221. The molecule has 1 aliphatic heterocycles. The molecular weight excluding hydrogens is 154 g/mol. The molecule has 0 saturated heterocycles. The van der Waals surface area contributed by atoms with Gasteiger partial charge in [-0.1, -0.05) is 19.1 Å². The van der Waals surface area contributed by atoms with Gasteiger partial charge in [-0.3, -0.25) is 0 Å². The summed E-state index contributed by atoms with van der Waals surface area (Å²) >= 11 is 0. The predicted molar refractivity (Wildman–Crippen MR) is 46.7 cm³/mol. The van der Waals surface area contributed by atoms with Crippen LogP contribution in [-0.2, 0) is 4.79 Å². The number of rotatable bonds is 3. The van der Waals surface area contributed by atoms with Crippen molar-refractivity contribution in [2.75, 3.05) is 6.54 Å². The number of hydrogen-bond acceptors (Lipinski definition) is 2. The molecule has 1 aliphatic rings. The molecule has 0 radical (unpaired) electrons. The SMILES string of the molecule is CCC(C(=O)O)N1C=CC=CC1. The van der Waals surface area contributed by atoms with E-state index < -0.39 is 5.97 Å². The van der Waals surface area contributed by atoms with Gasteiger partial charge in [0.15, 0.2) is 0 Å². The van der Waals surface area contributed by atoms with Gasteiger partial charge < -0.3 is 10.0 Å². The van der Waals surface area contributed by atoms with Gasteiger partial charge in [0, 0.05) is 12.7 Å². The number of carboxylic acid groups (broad SMARTS) is 1. The maximum absolute atomic E-state index is 10.7. The molecule has 1 unspecified atom stereocenters. The molecule has 1 N–H and O–H groups in total. The molecular formula is C9H13NO2. The molecule has 3 nitrogen and oxygen atoms in total. The van der Waals surface area contributed by atoms with E-state index in [9.17, 15) is 4.79 Å². The summed E-state index contributed by atoms with van der Waals surface area (Å²) in [6, 6.07) is -0.383. The monoisotopic (exact) mass is 167 g/mol. The standard InChI is InChI=1S/C9H13NO2/c1-2-8(9(11)12)10-6-4-3-5-7-10/h3-6,8H,2,7H2,1H3,(H,11,12). The second-order valence-electron chi connectivity index (χ2n) is 2.73. The van der Waals surface area contributed by atoms with Crippen molar-refractivity contribution in [3.05, 3.63) is 24.4 Å². The van der Waals surface area contributed by atoms with Gasteiger partial charge in [0.25, 0.3) is 0 Å². The number of carboxylic acids is 1. The van der Waals surface area contributed by atoms with Gasteiger partial charge >= 0.3 is 5.97 Å². The van der Waals surface area contributed by atoms with Crippen molar-refractivity contribution in [3.63, 3.8) is 0 Å². The van der Waals surface area contributed by atoms with Gasteiger partial charge in [0.2, 0.25) is 0 Å². The summed E-state index contributed by atoms with van der Waals surface area (Å²) in [5.41, 5.74) is 0. The van der Waals surface area contributed by atoms with Crippen LogP contribution in [0, 0.1) is 0 Å². The van der Waals surface area contributed by atoms with E-state index in [1.54, 1.807) is 0 Å².